The minimum Gasteiger partial charge on any atom is -0.383 e. The number of nitrogens with zero attached hydrogens (tertiary/aromatic N) is 3. The first kappa shape index (κ1) is 7.36. The van der Waals surface area contributed by atoms with Crippen molar-refractivity contribution in [3.8, 4) is 17.5 Å². The molecule has 0 bridgehead atoms. The van der Waals surface area contributed by atoms with Crippen molar-refractivity contribution in [2.75, 3.05) is 11.5 Å². The van der Waals surface area contributed by atoms with Gasteiger partial charge in [-0.2, -0.15) is 5.26 Å². The minimum absolute atomic E-state index is 0.174. The molecule has 0 saturated heterocycles. The van der Waals surface area contributed by atoms with Crippen molar-refractivity contribution in [3.05, 3.63) is 11.9 Å². The Morgan fingerprint density at radius 3 is 2.85 bits per heavy atom. The molecule has 0 amide bonds. The van der Waals surface area contributed by atoms with Crippen molar-refractivity contribution in [2.24, 2.45) is 0 Å². The van der Waals surface area contributed by atoms with Crippen molar-refractivity contribution in [3.63, 3.8) is 0 Å². The highest BCUT2D eigenvalue weighted by Crippen LogP contribution is 2.30. The highest BCUT2D eigenvalue weighted by molar-refractivity contribution is 5.82. The van der Waals surface area contributed by atoms with E-state index in [2.05, 4.69) is 15.0 Å². The maximum Gasteiger partial charge on any atom is 0.146 e. The van der Waals surface area contributed by atoms with Crippen LogP contribution in [0, 0.1) is 11.3 Å². The standard InChI is InChI=1S/C7H6N6/c8-1-3-4-6(10)11-2-12-7(4)13-5(3)9/h2H,9H2,(H3,10,11,12,13). The summed E-state index contributed by atoms with van der Waals surface area (Å²) < 4.78 is 0. The molecule has 6 nitrogen and oxygen atoms in total. The fourth-order valence-electron chi connectivity index (χ4n) is 1.17. The lowest BCUT2D eigenvalue weighted by molar-refractivity contribution is 1.14. The lowest BCUT2D eigenvalue weighted by atomic mass is 10.2. The first-order valence-corrected chi connectivity index (χ1v) is 3.52. The molecule has 0 radical (unpaired) electrons. The molecule has 0 aromatic heterocycles. The lowest BCUT2D eigenvalue weighted by Crippen LogP contribution is -1.96. The highest BCUT2D eigenvalue weighted by Gasteiger charge is 2.19. The molecule has 0 aromatic rings. The van der Waals surface area contributed by atoms with Crippen molar-refractivity contribution in [1.82, 2.24) is 15.0 Å². The number of hydrogen-bond donors (Lipinski definition) is 3. The van der Waals surface area contributed by atoms with E-state index in [1.165, 1.54) is 6.33 Å². The van der Waals surface area contributed by atoms with Crippen LogP contribution in [0.2, 0.25) is 0 Å². The Labute approximate surface area is 73.6 Å². The first-order valence-electron chi connectivity index (χ1n) is 3.52. The van der Waals surface area contributed by atoms with Crippen LogP contribution in [0.25, 0.3) is 11.4 Å². The molecule has 2 heterocycles. The number of fused-ring (bicyclic) bond motifs is 1. The second-order valence-corrected chi connectivity index (χ2v) is 2.50. The van der Waals surface area contributed by atoms with E-state index < -0.39 is 0 Å². The second-order valence-electron chi connectivity index (χ2n) is 2.50. The normalized spacial score (nSPS) is 10.1. The van der Waals surface area contributed by atoms with Gasteiger partial charge in [0.25, 0.3) is 0 Å². The molecule has 0 atom stereocenters. The summed E-state index contributed by atoms with van der Waals surface area (Å²) in [5.74, 6) is 0.921. The Morgan fingerprint density at radius 1 is 1.38 bits per heavy atom. The van der Waals surface area contributed by atoms with Gasteiger partial charge in [0.15, 0.2) is 0 Å². The monoisotopic (exact) mass is 174 g/mol. The van der Waals surface area contributed by atoms with Gasteiger partial charge in [-0.25, -0.2) is 9.97 Å². The third kappa shape index (κ3) is 0.873. The van der Waals surface area contributed by atoms with Gasteiger partial charge in [-0.3, -0.25) is 0 Å². The Balaban J connectivity index is 2.88. The fraction of sp³-hybridized carbons (Fsp3) is 0. The third-order valence-electron chi connectivity index (χ3n) is 1.75. The molecule has 0 saturated carbocycles. The van der Waals surface area contributed by atoms with E-state index in [1.54, 1.807) is 0 Å². The number of H-pyrrole nitrogens is 1. The van der Waals surface area contributed by atoms with Gasteiger partial charge in [-0.1, -0.05) is 0 Å². The van der Waals surface area contributed by atoms with Crippen molar-refractivity contribution in [1.29, 1.82) is 5.26 Å². The third-order valence-corrected chi connectivity index (χ3v) is 1.75. The van der Waals surface area contributed by atoms with E-state index in [-0.39, 0.29) is 17.2 Å². The molecule has 0 aromatic carbocycles. The van der Waals surface area contributed by atoms with Gasteiger partial charge in [0, 0.05) is 0 Å². The molecule has 0 aliphatic carbocycles. The largest absolute Gasteiger partial charge is 0.383 e. The fourth-order valence-corrected chi connectivity index (χ4v) is 1.17. The number of rotatable bonds is 0. The van der Waals surface area contributed by atoms with Gasteiger partial charge < -0.3 is 16.5 Å². The zero-order valence-electron chi connectivity index (χ0n) is 6.57. The molecular weight excluding hydrogens is 168 g/mol. The molecule has 2 aliphatic heterocycles. The molecule has 13 heavy (non-hydrogen) atoms. The molecule has 0 spiro atoms. The molecule has 5 N–H and O–H groups in total. The Bertz CT molecular complexity index is 465. The second kappa shape index (κ2) is 2.35. The van der Waals surface area contributed by atoms with Crippen molar-refractivity contribution >= 4 is 11.6 Å². The number of nitrogens with two attached hydrogens (primary N) is 2. The molecule has 2 rings (SSSR count). The van der Waals surface area contributed by atoms with Crippen LogP contribution in [0.3, 0.4) is 0 Å². The van der Waals surface area contributed by atoms with Crippen LogP contribution < -0.4 is 11.5 Å². The van der Waals surface area contributed by atoms with E-state index in [0.717, 1.165) is 0 Å². The zero-order chi connectivity index (χ0) is 9.42. The SMILES string of the molecule is N#Cc1c(N)nc2[nH]cnc(N)c1-2. The minimum atomic E-state index is 0.174. The Morgan fingerprint density at radius 2 is 2.15 bits per heavy atom. The van der Waals surface area contributed by atoms with Gasteiger partial charge >= 0.3 is 0 Å². The number of aromatic nitrogens is 3. The van der Waals surface area contributed by atoms with E-state index in [4.69, 9.17) is 16.7 Å². The number of nitriles is 1. The summed E-state index contributed by atoms with van der Waals surface area (Å²) in [6, 6.07) is 1.93. The number of anilines is 2. The van der Waals surface area contributed by atoms with Gasteiger partial charge in [-0.15, -0.1) is 0 Å². The summed E-state index contributed by atoms with van der Waals surface area (Å²) in [6.07, 6.45) is 1.41. The van der Waals surface area contributed by atoms with Crippen LogP contribution >= 0.6 is 0 Å². The predicted octanol–water partition coefficient (Wildman–Crippen LogP) is -0.0544. The van der Waals surface area contributed by atoms with Gasteiger partial charge in [0.05, 0.1) is 11.9 Å². The molecule has 64 valence electrons. The van der Waals surface area contributed by atoms with Gasteiger partial charge in [0.2, 0.25) is 0 Å². The Kier molecular flexibility index (Phi) is 1.33. The van der Waals surface area contributed by atoms with Gasteiger partial charge in [0.1, 0.15) is 29.1 Å². The van der Waals surface area contributed by atoms with Crippen LogP contribution in [-0.2, 0) is 0 Å². The average Bonchev–Trinajstić information content (AvgIpc) is 2.42. The summed E-state index contributed by atoms with van der Waals surface area (Å²) in [4.78, 5) is 10.5. The van der Waals surface area contributed by atoms with Crippen LogP contribution in [0.5, 0.6) is 0 Å². The summed E-state index contributed by atoms with van der Waals surface area (Å²) in [5, 5.41) is 8.76. The van der Waals surface area contributed by atoms with Crippen LogP contribution in [0.4, 0.5) is 11.6 Å². The topological polar surface area (TPSA) is 117 Å². The van der Waals surface area contributed by atoms with Crippen LogP contribution in [-0.4, -0.2) is 15.0 Å². The molecule has 0 unspecified atom stereocenters. The van der Waals surface area contributed by atoms with E-state index in [0.29, 0.717) is 11.4 Å². The quantitative estimate of drug-likeness (QED) is 0.517. The summed E-state index contributed by atoms with van der Waals surface area (Å²) in [7, 11) is 0. The molecule has 0 fully saturated rings. The van der Waals surface area contributed by atoms with Crippen LogP contribution in [0.1, 0.15) is 5.56 Å². The van der Waals surface area contributed by atoms with Gasteiger partial charge in [-0.05, 0) is 0 Å². The van der Waals surface area contributed by atoms with E-state index in [1.807, 2.05) is 6.07 Å². The van der Waals surface area contributed by atoms with Crippen molar-refractivity contribution in [2.45, 2.75) is 0 Å². The molecular formula is C7H6N6. The highest BCUT2D eigenvalue weighted by atomic mass is 15.0. The summed E-state index contributed by atoms with van der Waals surface area (Å²) in [5.41, 5.74) is 11.8. The number of hydrogen-bond acceptors (Lipinski definition) is 5. The number of aromatic amines is 1. The zero-order valence-corrected chi connectivity index (χ0v) is 6.57. The maximum absolute atomic E-state index is 8.76. The lowest BCUT2D eigenvalue weighted by Gasteiger charge is -1.99. The summed E-state index contributed by atoms with van der Waals surface area (Å²) in [6.45, 7) is 0. The number of nitrogen functional groups attached to an aromatic ring is 2. The Hall–Kier alpha value is -2.29. The number of nitrogens with one attached hydrogen (secondary N) is 1. The predicted molar refractivity (Wildman–Crippen MR) is 46.5 cm³/mol. The summed E-state index contributed by atoms with van der Waals surface area (Å²) >= 11 is 0. The maximum atomic E-state index is 8.76. The van der Waals surface area contributed by atoms with Crippen molar-refractivity contribution < 1.29 is 0 Å². The van der Waals surface area contributed by atoms with Crippen LogP contribution in [0.15, 0.2) is 6.33 Å². The molecule has 6 heteroatoms. The van der Waals surface area contributed by atoms with E-state index >= 15 is 0 Å². The molecule has 2 aliphatic rings. The smallest absolute Gasteiger partial charge is 0.146 e. The average molecular weight is 174 g/mol. The van der Waals surface area contributed by atoms with E-state index in [9.17, 15) is 0 Å². The first-order chi connectivity index (χ1) is 6.24.